The van der Waals surface area contributed by atoms with Crippen molar-refractivity contribution in [2.75, 3.05) is 7.11 Å². The van der Waals surface area contributed by atoms with Crippen LogP contribution in [0.15, 0.2) is 36.7 Å². The Balaban J connectivity index is 2.10. The van der Waals surface area contributed by atoms with E-state index in [1.54, 1.807) is 24.3 Å². The molecule has 0 N–H and O–H groups in total. The summed E-state index contributed by atoms with van der Waals surface area (Å²) in [6.45, 7) is 0. The third-order valence-electron chi connectivity index (χ3n) is 2.61. The molecule has 2 heterocycles. The van der Waals surface area contributed by atoms with Crippen LogP contribution in [0.1, 0.15) is 21.7 Å². The average molecular weight is 285 g/mol. The lowest BCUT2D eigenvalue weighted by molar-refractivity contribution is -0.385. The highest BCUT2D eigenvalue weighted by molar-refractivity contribution is 5.89. The number of rotatable bonds is 4. The third-order valence-corrected chi connectivity index (χ3v) is 2.61. The minimum absolute atomic E-state index is 0.0623. The van der Waals surface area contributed by atoms with Crippen LogP contribution < -0.4 is 0 Å². The predicted octanol–water partition coefficient (Wildman–Crippen LogP) is 2.34. The number of nitrogens with zero attached hydrogens (tertiary/aromatic N) is 3. The molecule has 0 saturated carbocycles. The molecule has 0 aliphatic carbocycles. The highest BCUT2D eigenvalue weighted by atomic mass is 16.6. The molecular weight excluding hydrogens is 274 g/mol. The maximum Gasteiger partial charge on any atom is 0.339 e. The van der Waals surface area contributed by atoms with Gasteiger partial charge in [0.05, 0.1) is 29.0 Å². The fraction of sp³-hybridized carbons (Fsp3) is 0.0714. The van der Waals surface area contributed by atoms with Gasteiger partial charge in [0.1, 0.15) is 6.20 Å². The Morgan fingerprint density at radius 1 is 1.14 bits per heavy atom. The Kier molecular flexibility index (Phi) is 4.35. The van der Waals surface area contributed by atoms with Crippen LogP contribution >= 0.6 is 0 Å². The van der Waals surface area contributed by atoms with Gasteiger partial charge in [0.2, 0.25) is 0 Å². The molecule has 0 saturated heterocycles. The highest BCUT2D eigenvalue weighted by Gasteiger charge is 2.05. The van der Waals surface area contributed by atoms with Gasteiger partial charge in [-0.25, -0.2) is 9.78 Å². The molecule has 0 aromatic carbocycles. The van der Waals surface area contributed by atoms with Crippen molar-refractivity contribution < 1.29 is 14.5 Å². The van der Waals surface area contributed by atoms with Crippen LogP contribution in [0.2, 0.25) is 0 Å². The lowest BCUT2D eigenvalue weighted by atomic mass is 10.2. The standard InChI is InChI=1S/C14H11N3O4/c1-21-14(18)10-2-3-11(15-8-10)4-5-12-6-7-13(9-16-12)17(19)20/h2-9H,1H3/b5-4+. The fourth-order valence-corrected chi connectivity index (χ4v) is 1.52. The van der Waals surface area contributed by atoms with Crippen LogP contribution in [-0.4, -0.2) is 28.0 Å². The van der Waals surface area contributed by atoms with Gasteiger partial charge in [0.25, 0.3) is 5.69 Å². The van der Waals surface area contributed by atoms with Crippen molar-refractivity contribution in [1.82, 2.24) is 9.97 Å². The lowest BCUT2D eigenvalue weighted by Crippen LogP contribution is -2.01. The Bertz CT molecular complexity index is 678. The Morgan fingerprint density at radius 3 is 2.19 bits per heavy atom. The van der Waals surface area contributed by atoms with Gasteiger partial charge < -0.3 is 4.74 Å². The molecule has 0 spiro atoms. The summed E-state index contributed by atoms with van der Waals surface area (Å²) in [5.41, 5.74) is 1.50. The van der Waals surface area contributed by atoms with Crippen LogP contribution in [0.25, 0.3) is 12.2 Å². The molecule has 106 valence electrons. The zero-order valence-corrected chi connectivity index (χ0v) is 11.1. The molecule has 2 rings (SSSR count). The van der Waals surface area contributed by atoms with E-state index in [1.165, 1.54) is 31.6 Å². The van der Waals surface area contributed by atoms with Gasteiger partial charge in [-0.05, 0) is 30.4 Å². The molecule has 0 amide bonds. The molecule has 2 aromatic heterocycles. The monoisotopic (exact) mass is 285 g/mol. The van der Waals surface area contributed by atoms with Crippen molar-refractivity contribution in [2.45, 2.75) is 0 Å². The SMILES string of the molecule is COC(=O)c1ccc(/C=C/c2ccc([N+](=O)[O-])cn2)nc1. The fourth-order valence-electron chi connectivity index (χ4n) is 1.52. The minimum atomic E-state index is -0.506. The van der Waals surface area contributed by atoms with E-state index < -0.39 is 10.9 Å². The number of hydrogen-bond acceptors (Lipinski definition) is 6. The number of ether oxygens (including phenoxy) is 1. The van der Waals surface area contributed by atoms with Gasteiger partial charge in [-0.3, -0.25) is 15.1 Å². The second-order valence-electron chi connectivity index (χ2n) is 4.00. The first kappa shape index (κ1) is 14.3. The molecule has 0 fully saturated rings. The van der Waals surface area contributed by atoms with Crippen molar-refractivity contribution in [3.63, 3.8) is 0 Å². The van der Waals surface area contributed by atoms with Gasteiger partial charge in [-0.15, -0.1) is 0 Å². The molecule has 0 aliphatic heterocycles. The summed E-state index contributed by atoms with van der Waals surface area (Å²) in [5, 5.41) is 10.5. The van der Waals surface area contributed by atoms with Gasteiger partial charge in [-0.2, -0.15) is 0 Å². The van der Waals surface area contributed by atoms with Gasteiger partial charge >= 0.3 is 5.97 Å². The Morgan fingerprint density at radius 2 is 1.76 bits per heavy atom. The molecule has 7 nitrogen and oxygen atoms in total. The van der Waals surface area contributed by atoms with Crippen LogP contribution in [-0.2, 0) is 4.74 Å². The summed E-state index contributed by atoms with van der Waals surface area (Å²) in [7, 11) is 1.30. The maximum absolute atomic E-state index is 11.2. The first-order valence-corrected chi connectivity index (χ1v) is 5.93. The largest absolute Gasteiger partial charge is 0.465 e. The maximum atomic E-state index is 11.2. The Hall–Kier alpha value is -3.09. The van der Waals surface area contributed by atoms with Gasteiger partial charge in [0.15, 0.2) is 0 Å². The number of methoxy groups -OCH3 is 1. The highest BCUT2D eigenvalue weighted by Crippen LogP contribution is 2.11. The van der Waals surface area contributed by atoms with Crippen LogP contribution in [0, 0.1) is 10.1 Å². The summed E-state index contributed by atoms with van der Waals surface area (Å²) in [6, 6.07) is 6.17. The number of hydrogen-bond donors (Lipinski definition) is 0. The molecule has 0 bridgehead atoms. The van der Waals surface area contributed by atoms with E-state index in [-0.39, 0.29) is 5.69 Å². The smallest absolute Gasteiger partial charge is 0.339 e. The molecule has 7 heteroatoms. The number of carbonyl (C=O) groups is 1. The number of pyridine rings is 2. The first-order chi connectivity index (χ1) is 10.1. The van der Waals surface area contributed by atoms with Gasteiger partial charge in [-0.1, -0.05) is 0 Å². The van der Waals surface area contributed by atoms with E-state index in [0.717, 1.165) is 0 Å². The van der Waals surface area contributed by atoms with Crippen molar-refractivity contribution in [3.05, 3.63) is 63.7 Å². The van der Waals surface area contributed by atoms with E-state index in [9.17, 15) is 14.9 Å². The Labute approximate surface area is 120 Å². The summed E-state index contributed by atoms with van der Waals surface area (Å²) in [5.74, 6) is -0.449. The summed E-state index contributed by atoms with van der Waals surface area (Å²) in [4.78, 5) is 29.3. The average Bonchev–Trinajstić information content (AvgIpc) is 2.53. The zero-order chi connectivity index (χ0) is 15.2. The van der Waals surface area contributed by atoms with Crippen molar-refractivity contribution in [2.24, 2.45) is 0 Å². The first-order valence-electron chi connectivity index (χ1n) is 5.93. The summed E-state index contributed by atoms with van der Waals surface area (Å²) in [6.07, 6.45) is 5.96. The number of esters is 1. The third kappa shape index (κ3) is 3.69. The van der Waals surface area contributed by atoms with Gasteiger partial charge in [0, 0.05) is 12.3 Å². The molecular formula is C14H11N3O4. The van der Waals surface area contributed by atoms with Crippen LogP contribution in [0.4, 0.5) is 5.69 Å². The zero-order valence-electron chi connectivity index (χ0n) is 11.1. The van der Waals surface area contributed by atoms with E-state index in [4.69, 9.17) is 0 Å². The quantitative estimate of drug-likeness (QED) is 0.486. The number of nitro groups is 1. The number of aromatic nitrogens is 2. The topological polar surface area (TPSA) is 95.2 Å². The normalized spacial score (nSPS) is 10.5. The molecule has 0 unspecified atom stereocenters. The van der Waals surface area contributed by atoms with Crippen LogP contribution in [0.3, 0.4) is 0 Å². The van der Waals surface area contributed by atoms with Crippen molar-refractivity contribution in [1.29, 1.82) is 0 Å². The van der Waals surface area contributed by atoms with E-state index in [1.807, 2.05) is 0 Å². The summed E-state index contributed by atoms with van der Waals surface area (Å²) < 4.78 is 4.57. The molecule has 0 aliphatic rings. The second kappa shape index (κ2) is 6.38. The second-order valence-corrected chi connectivity index (χ2v) is 4.00. The van der Waals surface area contributed by atoms with Crippen molar-refractivity contribution in [3.8, 4) is 0 Å². The van der Waals surface area contributed by atoms with E-state index >= 15 is 0 Å². The van der Waals surface area contributed by atoms with E-state index in [0.29, 0.717) is 17.0 Å². The van der Waals surface area contributed by atoms with Crippen LogP contribution in [0.5, 0.6) is 0 Å². The molecule has 2 aromatic rings. The minimum Gasteiger partial charge on any atom is -0.465 e. The lowest BCUT2D eigenvalue weighted by Gasteiger charge is -1.98. The molecule has 0 atom stereocenters. The summed E-state index contributed by atoms with van der Waals surface area (Å²) >= 11 is 0. The van der Waals surface area contributed by atoms with Crippen molar-refractivity contribution >= 4 is 23.8 Å². The molecule has 0 radical (unpaired) electrons. The number of carbonyl (C=O) groups excluding carboxylic acids is 1. The van der Waals surface area contributed by atoms with E-state index in [2.05, 4.69) is 14.7 Å². The molecule has 21 heavy (non-hydrogen) atoms. The predicted molar refractivity (Wildman–Crippen MR) is 75.4 cm³/mol.